The Hall–Kier alpha value is -1.91. The minimum absolute atomic E-state index is 0.0199. The molecule has 1 fully saturated rings. The number of nitroso groups, excluding NO2 is 1. The summed E-state index contributed by atoms with van der Waals surface area (Å²) in [6.07, 6.45) is 1.46. The third kappa shape index (κ3) is 1.85. The van der Waals surface area contributed by atoms with Crippen LogP contribution in [0.4, 0.5) is 0 Å². The molecule has 1 saturated carbocycles. The summed E-state index contributed by atoms with van der Waals surface area (Å²) in [5, 5.41) is 12.6. The van der Waals surface area contributed by atoms with Crippen LogP contribution in [0.25, 0.3) is 0 Å². The van der Waals surface area contributed by atoms with Gasteiger partial charge in [0.05, 0.1) is 12.5 Å². The van der Waals surface area contributed by atoms with Crippen molar-refractivity contribution in [3.05, 3.63) is 34.2 Å². The van der Waals surface area contributed by atoms with Gasteiger partial charge in [-0.25, -0.2) is 0 Å². The molecule has 18 heavy (non-hydrogen) atoms. The van der Waals surface area contributed by atoms with Gasteiger partial charge >= 0.3 is 5.97 Å². The maximum atomic E-state index is 11.8. The Morgan fingerprint density at radius 3 is 2.67 bits per heavy atom. The lowest BCUT2D eigenvalue weighted by Gasteiger charge is -2.15. The molecule has 0 amide bonds. The number of rotatable bonds is 4. The van der Waals surface area contributed by atoms with Gasteiger partial charge in [-0.05, 0) is 37.5 Å². The second-order valence-electron chi connectivity index (χ2n) is 4.63. The molecule has 1 aromatic carbocycles. The summed E-state index contributed by atoms with van der Waals surface area (Å²) in [5.41, 5.74) is 0.620. The van der Waals surface area contributed by atoms with Crippen LogP contribution in [-0.4, -0.2) is 18.2 Å². The predicted molar refractivity (Wildman–Crippen MR) is 65.2 cm³/mol. The number of aromatic hydroxyl groups is 1. The van der Waals surface area contributed by atoms with Crippen LogP contribution < -0.4 is 0 Å². The number of esters is 1. The van der Waals surface area contributed by atoms with Crippen molar-refractivity contribution in [1.29, 1.82) is 0 Å². The summed E-state index contributed by atoms with van der Waals surface area (Å²) in [7, 11) is 1.36. The molecule has 0 heterocycles. The molecule has 1 atom stereocenters. The van der Waals surface area contributed by atoms with Crippen LogP contribution in [0.5, 0.6) is 5.75 Å². The molecular weight excluding hydrogens is 234 g/mol. The van der Waals surface area contributed by atoms with E-state index in [-0.39, 0.29) is 11.7 Å². The average Bonchev–Trinajstić information content (AvgIpc) is 3.19. The zero-order valence-electron chi connectivity index (χ0n) is 10.3. The second-order valence-corrected chi connectivity index (χ2v) is 4.63. The molecule has 0 aliphatic heterocycles. The van der Waals surface area contributed by atoms with Crippen molar-refractivity contribution in [2.45, 2.75) is 31.2 Å². The van der Waals surface area contributed by atoms with Crippen molar-refractivity contribution in [2.75, 3.05) is 7.11 Å². The van der Waals surface area contributed by atoms with Gasteiger partial charge in [-0.2, -0.15) is 4.91 Å². The van der Waals surface area contributed by atoms with Gasteiger partial charge in [0.15, 0.2) is 0 Å². The number of carbonyl (C=O) groups is 1. The van der Waals surface area contributed by atoms with Gasteiger partial charge in [-0.15, -0.1) is 0 Å². The quantitative estimate of drug-likeness (QED) is 0.656. The standard InChI is InChI=1S/C13H15NO4/c1-8(14-17)10-7-9(3-4-11(10)15)13(5-6-13)12(16)18-2/h3-4,7-8,15H,5-6H2,1-2H3. The number of carbonyl (C=O) groups excluding carboxylic acids is 1. The summed E-state index contributed by atoms with van der Waals surface area (Å²) >= 11 is 0. The number of methoxy groups -OCH3 is 1. The predicted octanol–water partition coefficient (Wildman–Crippen LogP) is 2.42. The minimum Gasteiger partial charge on any atom is -0.508 e. The smallest absolute Gasteiger partial charge is 0.316 e. The fraction of sp³-hybridized carbons (Fsp3) is 0.462. The summed E-state index contributed by atoms with van der Waals surface area (Å²) in [6.45, 7) is 1.60. The van der Waals surface area contributed by atoms with E-state index in [1.807, 2.05) is 0 Å². The highest BCUT2D eigenvalue weighted by molar-refractivity contribution is 5.86. The molecule has 96 valence electrons. The van der Waals surface area contributed by atoms with Crippen LogP contribution in [0.2, 0.25) is 0 Å². The van der Waals surface area contributed by atoms with Gasteiger partial charge in [0, 0.05) is 5.56 Å². The highest BCUT2D eigenvalue weighted by Crippen LogP contribution is 2.50. The van der Waals surface area contributed by atoms with E-state index in [0.29, 0.717) is 5.56 Å². The van der Waals surface area contributed by atoms with Gasteiger partial charge in [0.1, 0.15) is 11.8 Å². The normalized spacial score (nSPS) is 17.9. The number of benzene rings is 1. The maximum absolute atomic E-state index is 11.8. The SMILES string of the molecule is COC(=O)C1(c2ccc(O)c(C(C)N=O)c2)CC1. The molecule has 5 heteroatoms. The van der Waals surface area contributed by atoms with Crippen molar-refractivity contribution >= 4 is 5.97 Å². The number of phenols is 1. The molecule has 0 bridgehead atoms. The lowest BCUT2D eigenvalue weighted by Crippen LogP contribution is -2.22. The van der Waals surface area contributed by atoms with Crippen molar-refractivity contribution < 1.29 is 14.6 Å². The first kappa shape index (κ1) is 12.5. The third-order valence-corrected chi connectivity index (χ3v) is 3.51. The summed E-state index contributed by atoms with van der Waals surface area (Å²) in [6, 6.07) is 4.22. The van der Waals surface area contributed by atoms with E-state index in [9.17, 15) is 14.8 Å². The van der Waals surface area contributed by atoms with Crippen LogP contribution in [0.15, 0.2) is 23.4 Å². The molecule has 2 rings (SSSR count). The first-order valence-electron chi connectivity index (χ1n) is 5.79. The molecule has 1 aromatic rings. The van der Waals surface area contributed by atoms with Crippen LogP contribution >= 0.6 is 0 Å². The lowest BCUT2D eigenvalue weighted by molar-refractivity contribution is -0.143. The summed E-state index contributed by atoms with van der Waals surface area (Å²) in [5.74, 6) is -0.252. The molecule has 0 radical (unpaired) electrons. The average molecular weight is 249 g/mol. The first-order chi connectivity index (χ1) is 8.55. The van der Waals surface area contributed by atoms with E-state index in [2.05, 4.69) is 5.18 Å². The zero-order chi connectivity index (χ0) is 13.3. The van der Waals surface area contributed by atoms with Gasteiger partial charge in [-0.3, -0.25) is 4.79 Å². The van der Waals surface area contributed by atoms with Crippen molar-refractivity contribution in [3.8, 4) is 5.75 Å². The molecular formula is C13H15NO4. The molecule has 1 aliphatic carbocycles. The highest BCUT2D eigenvalue weighted by atomic mass is 16.5. The van der Waals surface area contributed by atoms with Gasteiger partial charge in [0.25, 0.3) is 0 Å². The van der Waals surface area contributed by atoms with Gasteiger partial charge < -0.3 is 9.84 Å². The van der Waals surface area contributed by atoms with Crippen molar-refractivity contribution in [1.82, 2.24) is 0 Å². The monoisotopic (exact) mass is 249 g/mol. The van der Waals surface area contributed by atoms with E-state index in [0.717, 1.165) is 18.4 Å². The number of nitrogens with zero attached hydrogens (tertiary/aromatic N) is 1. The van der Waals surface area contributed by atoms with Gasteiger partial charge in [-0.1, -0.05) is 11.2 Å². The number of phenolic OH excluding ortho intramolecular Hbond substituents is 1. The Morgan fingerprint density at radius 2 is 2.17 bits per heavy atom. The Morgan fingerprint density at radius 1 is 1.50 bits per heavy atom. The van der Waals surface area contributed by atoms with E-state index in [1.54, 1.807) is 19.1 Å². The molecule has 1 unspecified atom stereocenters. The molecule has 1 aliphatic rings. The first-order valence-corrected chi connectivity index (χ1v) is 5.79. The maximum Gasteiger partial charge on any atom is 0.316 e. The Balaban J connectivity index is 2.42. The zero-order valence-corrected chi connectivity index (χ0v) is 10.3. The van der Waals surface area contributed by atoms with E-state index in [4.69, 9.17) is 4.74 Å². The second kappa shape index (κ2) is 4.40. The number of ether oxygens (including phenoxy) is 1. The third-order valence-electron chi connectivity index (χ3n) is 3.51. The largest absolute Gasteiger partial charge is 0.508 e. The molecule has 5 nitrogen and oxygen atoms in total. The highest BCUT2D eigenvalue weighted by Gasteiger charge is 2.52. The molecule has 0 saturated heterocycles. The van der Waals surface area contributed by atoms with Crippen LogP contribution in [-0.2, 0) is 14.9 Å². The van der Waals surface area contributed by atoms with E-state index >= 15 is 0 Å². The lowest BCUT2D eigenvalue weighted by atomic mass is 9.92. The molecule has 0 aromatic heterocycles. The Labute approximate surface area is 105 Å². The fourth-order valence-corrected chi connectivity index (χ4v) is 2.17. The van der Waals surface area contributed by atoms with E-state index < -0.39 is 11.5 Å². The fourth-order valence-electron chi connectivity index (χ4n) is 2.17. The van der Waals surface area contributed by atoms with Crippen LogP contribution in [0, 0.1) is 4.91 Å². The summed E-state index contributed by atoms with van der Waals surface area (Å²) < 4.78 is 4.80. The van der Waals surface area contributed by atoms with Crippen molar-refractivity contribution in [3.63, 3.8) is 0 Å². The number of hydrogen-bond donors (Lipinski definition) is 1. The Kier molecular flexibility index (Phi) is 3.07. The minimum atomic E-state index is -0.640. The van der Waals surface area contributed by atoms with Crippen LogP contribution in [0.3, 0.4) is 0 Å². The van der Waals surface area contributed by atoms with Gasteiger partial charge in [0.2, 0.25) is 0 Å². The van der Waals surface area contributed by atoms with Crippen molar-refractivity contribution in [2.24, 2.45) is 5.18 Å². The summed E-state index contributed by atoms with van der Waals surface area (Å²) in [4.78, 5) is 22.3. The Bertz CT molecular complexity index is 494. The number of hydrogen-bond acceptors (Lipinski definition) is 5. The van der Waals surface area contributed by atoms with E-state index in [1.165, 1.54) is 13.2 Å². The topological polar surface area (TPSA) is 76.0 Å². The molecule has 1 N–H and O–H groups in total. The molecule has 0 spiro atoms. The van der Waals surface area contributed by atoms with Crippen LogP contribution in [0.1, 0.15) is 36.9 Å².